The van der Waals surface area contributed by atoms with Crippen LogP contribution in [0.1, 0.15) is 30.9 Å². The third kappa shape index (κ3) is 2.42. The summed E-state index contributed by atoms with van der Waals surface area (Å²) in [5, 5.41) is 21.4. The largest absolute Gasteiger partial charge is 0.396 e. The first-order valence-corrected chi connectivity index (χ1v) is 7.09. The smallest absolute Gasteiger partial charge is 0.133 e. The second-order valence-electron chi connectivity index (χ2n) is 5.63. The minimum absolute atomic E-state index is 0.282. The molecule has 0 bridgehead atoms. The van der Waals surface area contributed by atoms with Crippen molar-refractivity contribution in [3.63, 3.8) is 0 Å². The van der Waals surface area contributed by atoms with Crippen LogP contribution >= 0.6 is 0 Å². The fraction of sp³-hybridized carbons (Fsp3) is 0.846. The molecular weight excluding hydrogens is 228 g/mol. The highest BCUT2D eigenvalue weighted by Crippen LogP contribution is 2.23. The Morgan fingerprint density at radius 1 is 1.17 bits per heavy atom. The molecule has 1 aromatic heterocycles. The topological polar surface area (TPSA) is 63.0 Å². The first-order valence-electron chi connectivity index (χ1n) is 7.09. The number of fused-ring (bicyclic) bond motifs is 1. The van der Waals surface area contributed by atoms with Gasteiger partial charge in [0.05, 0.1) is 0 Å². The van der Waals surface area contributed by atoms with Crippen LogP contribution in [0.5, 0.6) is 0 Å². The van der Waals surface area contributed by atoms with Crippen LogP contribution in [0.25, 0.3) is 0 Å². The van der Waals surface area contributed by atoms with Gasteiger partial charge in [0.15, 0.2) is 0 Å². The molecule has 0 radical (unpaired) electrons. The minimum atomic E-state index is 0.282. The average Bonchev–Trinajstić information content (AvgIpc) is 2.82. The molecular formula is C13H22N4O. The van der Waals surface area contributed by atoms with Crippen LogP contribution in [0.3, 0.4) is 0 Å². The maximum Gasteiger partial charge on any atom is 0.133 e. The molecule has 1 aromatic rings. The molecule has 2 aliphatic heterocycles. The summed E-state index contributed by atoms with van der Waals surface area (Å²) in [5.74, 6) is 3.38. The summed E-state index contributed by atoms with van der Waals surface area (Å²) >= 11 is 0. The first kappa shape index (κ1) is 12.1. The van der Waals surface area contributed by atoms with E-state index in [4.69, 9.17) is 0 Å². The third-order valence-corrected chi connectivity index (χ3v) is 4.31. The summed E-state index contributed by atoms with van der Waals surface area (Å²) in [6.07, 6.45) is 5.54. The third-order valence-electron chi connectivity index (χ3n) is 4.31. The summed E-state index contributed by atoms with van der Waals surface area (Å²) in [6, 6.07) is 0. The number of aromatic nitrogens is 3. The standard InChI is InChI=1S/C13H22N4O/c18-9-11-1-2-12-15-16-13(17(12)8-11)7-10-3-5-14-6-4-10/h10-11,14,18H,1-9H2. The molecule has 100 valence electrons. The summed E-state index contributed by atoms with van der Waals surface area (Å²) < 4.78 is 2.26. The van der Waals surface area contributed by atoms with Gasteiger partial charge in [-0.25, -0.2) is 0 Å². The Morgan fingerprint density at radius 2 is 2.00 bits per heavy atom. The quantitative estimate of drug-likeness (QED) is 0.814. The van der Waals surface area contributed by atoms with Gasteiger partial charge in [-0.05, 0) is 38.3 Å². The van der Waals surface area contributed by atoms with Crippen LogP contribution in [0.15, 0.2) is 0 Å². The number of aryl methyl sites for hydroxylation is 1. The second-order valence-corrected chi connectivity index (χ2v) is 5.63. The molecule has 0 amide bonds. The molecule has 5 nitrogen and oxygen atoms in total. The van der Waals surface area contributed by atoms with Crippen molar-refractivity contribution in [2.45, 2.75) is 38.6 Å². The van der Waals surface area contributed by atoms with E-state index in [1.807, 2.05) is 0 Å². The molecule has 0 aromatic carbocycles. The van der Waals surface area contributed by atoms with E-state index >= 15 is 0 Å². The van der Waals surface area contributed by atoms with E-state index in [0.29, 0.717) is 5.92 Å². The number of aliphatic hydroxyl groups excluding tert-OH is 1. The monoisotopic (exact) mass is 250 g/mol. The van der Waals surface area contributed by atoms with Crippen molar-refractivity contribution in [1.82, 2.24) is 20.1 Å². The zero-order valence-corrected chi connectivity index (χ0v) is 10.8. The Balaban J connectivity index is 1.71. The van der Waals surface area contributed by atoms with Gasteiger partial charge in [0.25, 0.3) is 0 Å². The number of hydrogen-bond acceptors (Lipinski definition) is 4. The Labute approximate surface area is 108 Å². The molecule has 2 aliphatic rings. The second kappa shape index (κ2) is 5.36. The van der Waals surface area contributed by atoms with Gasteiger partial charge in [-0.3, -0.25) is 0 Å². The Hall–Kier alpha value is -0.940. The van der Waals surface area contributed by atoms with Gasteiger partial charge in [-0.15, -0.1) is 10.2 Å². The predicted octanol–water partition coefficient (Wildman–Crippen LogP) is 0.375. The van der Waals surface area contributed by atoms with Crippen molar-refractivity contribution >= 4 is 0 Å². The zero-order valence-electron chi connectivity index (χ0n) is 10.8. The summed E-state index contributed by atoms with van der Waals surface area (Å²) in [4.78, 5) is 0. The van der Waals surface area contributed by atoms with E-state index in [0.717, 1.165) is 56.5 Å². The minimum Gasteiger partial charge on any atom is -0.396 e. The lowest BCUT2D eigenvalue weighted by molar-refractivity contribution is 0.188. The summed E-state index contributed by atoms with van der Waals surface area (Å²) in [5.41, 5.74) is 0. The number of aliphatic hydroxyl groups is 1. The van der Waals surface area contributed by atoms with Gasteiger partial charge in [0.1, 0.15) is 11.6 Å². The van der Waals surface area contributed by atoms with E-state index in [9.17, 15) is 5.11 Å². The molecule has 1 atom stereocenters. The summed E-state index contributed by atoms with van der Waals surface area (Å²) in [6.45, 7) is 3.44. The number of nitrogens with one attached hydrogen (secondary N) is 1. The highest BCUT2D eigenvalue weighted by molar-refractivity contribution is 5.01. The van der Waals surface area contributed by atoms with Gasteiger partial charge in [0, 0.05) is 31.9 Å². The van der Waals surface area contributed by atoms with Gasteiger partial charge in [0.2, 0.25) is 0 Å². The van der Waals surface area contributed by atoms with Crippen molar-refractivity contribution in [3.05, 3.63) is 11.6 Å². The molecule has 1 fully saturated rings. The highest BCUT2D eigenvalue weighted by Gasteiger charge is 2.24. The lowest BCUT2D eigenvalue weighted by atomic mass is 9.94. The zero-order chi connectivity index (χ0) is 12.4. The summed E-state index contributed by atoms with van der Waals surface area (Å²) in [7, 11) is 0. The van der Waals surface area contributed by atoms with Gasteiger partial charge < -0.3 is 15.0 Å². The molecule has 2 N–H and O–H groups in total. The maximum absolute atomic E-state index is 9.30. The van der Waals surface area contributed by atoms with Crippen molar-refractivity contribution in [2.75, 3.05) is 19.7 Å². The number of nitrogens with zero attached hydrogens (tertiary/aromatic N) is 3. The molecule has 1 saturated heterocycles. The van der Waals surface area contributed by atoms with E-state index in [1.165, 1.54) is 12.8 Å². The maximum atomic E-state index is 9.30. The number of hydrogen-bond donors (Lipinski definition) is 2. The average molecular weight is 250 g/mol. The SMILES string of the molecule is OCC1CCc2nnc(CC3CCNCC3)n2C1. The molecule has 0 spiro atoms. The molecule has 0 aliphatic carbocycles. The first-order chi connectivity index (χ1) is 8.86. The van der Waals surface area contributed by atoms with Crippen LogP contribution < -0.4 is 5.32 Å². The van der Waals surface area contributed by atoms with Crippen LogP contribution in [-0.2, 0) is 19.4 Å². The normalized spacial score (nSPS) is 25.1. The van der Waals surface area contributed by atoms with Crippen molar-refractivity contribution in [2.24, 2.45) is 11.8 Å². The van der Waals surface area contributed by atoms with Crippen LogP contribution in [0.2, 0.25) is 0 Å². The van der Waals surface area contributed by atoms with Crippen LogP contribution in [0, 0.1) is 11.8 Å². The Kier molecular flexibility index (Phi) is 3.61. The Bertz CT molecular complexity index is 398. The van der Waals surface area contributed by atoms with Crippen LogP contribution in [0.4, 0.5) is 0 Å². The van der Waals surface area contributed by atoms with E-state index < -0.39 is 0 Å². The van der Waals surface area contributed by atoms with Crippen LogP contribution in [-0.4, -0.2) is 39.6 Å². The van der Waals surface area contributed by atoms with Gasteiger partial charge in [-0.1, -0.05) is 0 Å². The van der Waals surface area contributed by atoms with Gasteiger partial charge >= 0.3 is 0 Å². The van der Waals surface area contributed by atoms with Crippen molar-refractivity contribution in [3.8, 4) is 0 Å². The highest BCUT2D eigenvalue weighted by atomic mass is 16.3. The molecule has 0 saturated carbocycles. The van der Waals surface area contributed by atoms with E-state index in [1.54, 1.807) is 0 Å². The van der Waals surface area contributed by atoms with E-state index in [-0.39, 0.29) is 6.61 Å². The molecule has 5 heteroatoms. The lowest BCUT2D eigenvalue weighted by Crippen LogP contribution is -2.30. The Morgan fingerprint density at radius 3 is 2.78 bits per heavy atom. The number of rotatable bonds is 3. The fourth-order valence-electron chi connectivity index (χ4n) is 3.09. The molecule has 3 rings (SSSR count). The molecule has 1 unspecified atom stereocenters. The van der Waals surface area contributed by atoms with Crippen molar-refractivity contribution < 1.29 is 5.11 Å². The molecule has 3 heterocycles. The fourth-order valence-corrected chi connectivity index (χ4v) is 3.09. The van der Waals surface area contributed by atoms with Gasteiger partial charge in [-0.2, -0.15) is 0 Å². The van der Waals surface area contributed by atoms with Crippen molar-refractivity contribution in [1.29, 1.82) is 0 Å². The van der Waals surface area contributed by atoms with E-state index in [2.05, 4.69) is 20.1 Å². The molecule has 18 heavy (non-hydrogen) atoms. The number of piperidine rings is 1. The predicted molar refractivity (Wildman–Crippen MR) is 68.2 cm³/mol. The lowest BCUT2D eigenvalue weighted by Gasteiger charge is -2.25.